The molecule has 134 valence electrons. The Kier molecular flexibility index (Phi) is 6.76. The lowest BCUT2D eigenvalue weighted by Gasteiger charge is -2.27. The number of hydrogen-bond acceptors (Lipinski definition) is 1. The second-order valence-corrected chi connectivity index (χ2v) is 9.78. The van der Waals surface area contributed by atoms with E-state index in [1.807, 2.05) is 12.3 Å². The SMILES string of the molecule is [I-].c1ccc([P+](Cc2ccccn2)(c2ccccc2)c2ccccc2)cc1. The van der Waals surface area contributed by atoms with Gasteiger partial charge in [-0.3, -0.25) is 4.98 Å². The minimum absolute atomic E-state index is 0. The van der Waals surface area contributed by atoms with Crippen molar-refractivity contribution in [3.8, 4) is 0 Å². The van der Waals surface area contributed by atoms with E-state index in [1.54, 1.807) is 0 Å². The molecule has 0 aliphatic rings. The maximum absolute atomic E-state index is 4.67. The Balaban J connectivity index is 0.00000210. The van der Waals surface area contributed by atoms with Crippen molar-refractivity contribution in [1.82, 2.24) is 4.98 Å². The zero-order valence-electron chi connectivity index (χ0n) is 14.9. The first-order valence-corrected chi connectivity index (χ1v) is 10.8. The Morgan fingerprint density at radius 3 is 1.30 bits per heavy atom. The van der Waals surface area contributed by atoms with Crippen LogP contribution < -0.4 is 39.9 Å². The average Bonchev–Trinajstić information content (AvgIpc) is 2.75. The predicted molar refractivity (Wildman–Crippen MR) is 113 cm³/mol. The first-order chi connectivity index (χ1) is 12.9. The van der Waals surface area contributed by atoms with Crippen LogP contribution in [0.3, 0.4) is 0 Å². The van der Waals surface area contributed by atoms with E-state index in [-0.39, 0.29) is 24.0 Å². The monoisotopic (exact) mass is 481 g/mol. The lowest BCUT2D eigenvalue weighted by molar-refractivity contribution is -0.00000513. The maximum Gasteiger partial charge on any atom is 0.118 e. The summed E-state index contributed by atoms with van der Waals surface area (Å²) in [6.45, 7) is 0. The molecule has 0 atom stereocenters. The predicted octanol–water partition coefficient (Wildman–Crippen LogP) is 1.58. The molecule has 0 fully saturated rings. The Labute approximate surface area is 178 Å². The van der Waals surface area contributed by atoms with E-state index in [9.17, 15) is 0 Å². The summed E-state index contributed by atoms with van der Waals surface area (Å²) in [5.41, 5.74) is 1.14. The van der Waals surface area contributed by atoms with Crippen molar-refractivity contribution >= 4 is 23.2 Å². The third kappa shape index (κ3) is 4.12. The van der Waals surface area contributed by atoms with Gasteiger partial charge in [-0.25, -0.2) is 0 Å². The van der Waals surface area contributed by atoms with Crippen molar-refractivity contribution < 1.29 is 24.0 Å². The summed E-state index contributed by atoms with van der Waals surface area (Å²) in [7, 11) is -1.84. The minimum Gasteiger partial charge on any atom is -1.00 e. The molecular formula is C24H21INP. The third-order valence-electron chi connectivity index (χ3n) is 4.72. The van der Waals surface area contributed by atoms with E-state index < -0.39 is 7.26 Å². The van der Waals surface area contributed by atoms with Gasteiger partial charge >= 0.3 is 0 Å². The smallest absolute Gasteiger partial charge is 0.118 e. The van der Waals surface area contributed by atoms with Gasteiger partial charge in [0.2, 0.25) is 0 Å². The molecule has 3 aromatic carbocycles. The topological polar surface area (TPSA) is 12.9 Å². The number of nitrogens with zero attached hydrogens (tertiary/aromatic N) is 1. The van der Waals surface area contributed by atoms with E-state index in [0.717, 1.165) is 11.9 Å². The second-order valence-electron chi connectivity index (χ2n) is 6.30. The molecule has 1 heterocycles. The molecule has 0 spiro atoms. The molecule has 0 bridgehead atoms. The molecule has 4 aromatic rings. The van der Waals surface area contributed by atoms with Crippen molar-refractivity contribution in [3.63, 3.8) is 0 Å². The van der Waals surface area contributed by atoms with Crippen LogP contribution in [0.15, 0.2) is 115 Å². The van der Waals surface area contributed by atoms with Crippen molar-refractivity contribution in [2.75, 3.05) is 0 Å². The van der Waals surface area contributed by atoms with Gasteiger partial charge in [-0.1, -0.05) is 60.7 Å². The maximum atomic E-state index is 4.67. The molecule has 27 heavy (non-hydrogen) atoms. The van der Waals surface area contributed by atoms with E-state index in [1.165, 1.54) is 15.9 Å². The first-order valence-electron chi connectivity index (χ1n) is 8.84. The van der Waals surface area contributed by atoms with Gasteiger partial charge in [0.15, 0.2) is 0 Å². The van der Waals surface area contributed by atoms with Crippen molar-refractivity contribution in [1.29, 1.82) is 0 Å². The summed E-state index contributed by atoms with van der Waals surface area (Å²) in [5.74, 6) is 0. The Hall–Kier alpha value is -2.03. The molecule has 4 rings (SSSR count). The molecule has 0 amide bonds. The minimum atomic E-state index is -1.84. The zero-order chi connectivity index (χ0) is 17.7. The molecular weight excluding hydrogens is 460 g/mol. The number of aromatic nitrogens is 1. The highest BCUT2D eigenvalue weighted by atomic mass is 127. The molecule has 3 heteroatoms. The van der Waals surface area contributed by atoms with Gasteiger partial charge in [0.1, 0.15) is 29.3 Å². The molecule has 0 N–H and O–H groups in total. The van der Waals surface area contributed by atoms with Crippen LogP contribution in [0.25, 0.3) is 0 Å². The van der Waals surface area contributed by atoms with Crippen molar-refractivity contribution in [2.24, 2.45) is 0 Å². The molecule has 0 saturated heterocycles. The third-order valence-corrected chi connectivity index (χ3v) is 9.05. The fourth-order valence-corrected chi connectivity index (χ4v) is 7.66. The quantitative estimate of drug-likeness (QED) is 0.312. The van der Waals surface area contributed by atoms with Crippen LogP contribution in [-0.2, 0) is 6.16 Å². The molecule has 1 aromatic heterocycles. The molecule has 0 unspecified atom stereocenters. The van der Waals surface area contributed by atoms with E-state index in [0.29, 0.717) is 0 Å². The Morgan fingerprint density at radius 1 is 0.519 bits per heavy atom. The highest BCUT2D eigenvalue weighted by molar-refractivity contribution is 7.95. The summed E-state index contributed by atoms with van der Waals surface area (Å²) in [5, 5.41) is 4.18. The van der Waals surface area contributed by atoms with Crippen molar-refractivity contribution in [2.45, 2.75) is 6.16 Å². The van der Waals surface area contributed by atoms with Gasteiger partial charge in [0, 0.05) is 6.20 Å². The molecule has 0 saturated carbocycles. The molecule has 0 aliphatic heterocycles. The molecule has 1 nitrogen and oxygen atoms in total. The van der Waals surface area contributed by atoms with Crippen LogP contribution >= 0.6 is 7.26 Å². The summed E-state index contributed by atoms with van der Waals surface area (Å²) >= 11 is 0. The highest BCUT2D eigenvalue weighted by Crippen LogP contribution is 2.57. The summed E-state index contributed by atoms with van der Waals surface area (Å²) in [6.07, 6.45) is 2.82. The van der Waals surface area contributed by atoms with Crippen LogP contribution in [0.5, 0.6) is 0 Å². The summed E-state index contributed by atoms with van der Waals surface area (Å²) in [4.78, 5) is 4.67. The number of rotatable bonds is 5. The first kappa shape index (κ1) is 19.7. The van der Waals surface area contributed by atoms with E-state index in [4.69, 9.17) is 0 Å². The largest absolute Gasteiger partial charge is 1.00 e. The normalized spacial score (nSPS) is 10.8. The lowest BCUT2D eigenvalue weighted by atomic mass is 10.3. The van der Waals surface area contributed by atoms with Gasteiger partial charge in [-0.05, 0) is 48.5 Å². The van der Waals surface area contributed by atoms with E-state index in [2.05, 4.69) is 108 Å². The van der Waals surface area contributed by atoms with Gasteiger partial charge in [0.05, 0.1) is 5.69 Å². The van der Waals surface area contributed by atoms with E-state index >= 15 is 0 Å². The number of pyridine rings is 1. The standard InChI is InChI=1S/C24H21NP.HI/c1-4-13-22(14-5-1)26(23-15-6-2-7-16-23,24-17-8-3-9-18-24)20-21-12-10-11-19-25-21;/h1-19H,20H2;1H/q+1;/p-1. The lowest BCUT2D eigenvalue weighted by Crippen LogP contribution is -3.00. The van der Waals surface area contributed by atoms with Crippen LogP contribution in [0.2, 0.25) is 0 Å². The van der Waals surface area contributed by atoms with Crippen LogP contribution in [0.1, 0.15) is 5.69 Å². The summed E-state index contributed by atoms with van der Waals surface area (Å²) in [6, 6.07) is 39.0. The van der Waals surface area contributed by atoms with Crippen LogP contribution in [0.4, 0.5) is 0 Å². The molecule has 0 radical (unpaired) electrons. The second kappa shape index (κ2) is 9.25. The fourth-order valence-electron chi connectivity index (χ4n) is 3.50. The average molecular weight is 481 g/mol. The van der Waals surface area contributed by atoms with Gasteiger partial charge in [-0.2, -0.15) is 0 Å². The van der Waals surface area contributed by atoms with Crippen LogP contribution in [0, 0.1) is 0 Å². The fraction of sp³-hybridized carbons (Fsp3) is 0.0417. The number of benzene rings is 3. The Bertz CT molecular complexity index is 848. The van der Waals surface area contributed by atoms with Gasteiger partial charge < -0.3 is 24.0 Å². The zero-order valence-corrected chi connectivity index (χ0v) is 18.0. The van der Waals surface area contributed by atoms with Crippen LogP contribution in [-0.4, -0.2) is 4.98 Å². The number of halogens is 1. The Morgan fingerprint density at radius 2 is 0.926 bits per heavy atom. The van der Waals surface area contributed by atoms with Crippen molar-refractivity contribution in [3.05, 3.63) is 121 Å². The molecule has 0 aliphatic carbocycles. The van der Waals surface area contributed by atoms with Gasteiger partial charge in [-0.15, -0.1) is 0 Å². The van der Waals surface area contributed by atoms with Gasteiger partial charge in [0.25, 0.3) is 0 Å². The summed E-state index contributed by atoms with van der Waals surface area (Å²) < 4.78 is 0. The number of hydrogen-bond donors (Lipinski definition) is 0. The highest BCUT2D eigenvalue weighted by Gasteiger charge is 2.45.